The van der Waals surface area contributed by atoms with Gasteiger partial charge in [-0.05, 0) is 92.6 Å². The highest BCUT2D eigenvalue weighted by Crippen LogP contribution is 2.43. The second kappa shape index (κ2) is 7.62. The van der Waals surface area contributed by atoms with Crippen molar-refractivity contribution in [3.05, 3.63) is 64.2 Å². The lowest BCUT2D eigenvalue weighted by Crippen LogP contribution is -2.54. The van der Waals surface area contributed by atoms with Crippen LogP contribution in [0.1, 0.15) is 55.4 Å². The second-order valence-electron chi connectivity index (χ2n) is 9.54. The zero-order valence-corrected chi connectivity index (χ0v) is 19.4. The Morgan fingerprint density at radius 2 is 1.81 bits per heavy atom. The predicted octanol–water partition coefficient (Wildman–Crippen LogP) is 4.69. The summed E-state index contributed by atoms with van der Waals surface area (Å²) in [5.74, 6) is -0.949. The van der Waals surface area contributed by atoms with E-state index in [2.05, 4.69) is 50.2 Å². The fourth-order valence-electron chi connectivity index (χ4n) is 4.70. The molecule has 0 aliphatic carbocycles. The summed E-state index contributed by atoms with van der Waals surface area (Å²) in [6, 6.07) is 10.5. The van der Waals surface area contributed by atoms with Gasteiger partial charge in [0.25, 0.3) is 11.8 Å². The summed E-state index contributed by atoms with van der Waals surface area (Å²) in [6.07, 6.45) is 2.61. The third-order valence-corrected chi connectivity index (χ3v) is 6.68. The van der Waals surface area contributed by atoms with Crippen LogP contribution < -0.4 is 15.1 Å². The Hall–Kier alpha value is -3.41. The highest BCUT2D eigenvalue weighted by molar-refractivity contribution is 6.39. The van der Waals surface area contributed by atoms with Crippen LogP contribution in [0.5, 0.6) is 0 Å². The summed E-state index contributed by atoms with van der Waals surface area (Å²) in [5.41, 5.74) is 5.48. The van der Waals surface area contributed by atoms with Gasteiger partial charge in [-0.25, -0.2) is 9.69 Å². The minimum atomic E-state index is -0.734. The number of nitrogens with one attached hydrogen (secondary N) is 1. The number of fused-ring (bicyclic) bond motifs is 1. The Morgan fingerprint density at radius 3 is 2.50 bits per heavy atom. The van der Waals surface area contributed by atoms with Gasteiger partial charge in [0.1, 0.15) is 5.57 Å². The maximum absolute atomic E-state index is 13.2. The molecule has 0 unspecified atom stereocenters. The van der Waals surface area contributed by atoms with Gasteiger partial charge in [0.05, 0.1) is 5.69 Å². The minimum absolute atomic E-state index is 0.0484. The van der Waals surface area contributed by atoms with Crippen molar-refractivity contribution in [2.24, 2.45) is 0 Å². The summed E-state index contributed by atoms with van der Waals surface area (Å²) in [4.78, 5) is 41.6. The van der Waals surface area contributed by atoms with Crippen molar-refractivity contribution in [3.8, 4) is 0 Å². The van der Waals surface area contributed by atoms with Crippen LogP contribution in [0.3, 0.4) is 0 Å². The Balaban J connectivity index is 1.78. The largest absolute Gasteiger partial charge is 0.369 e. The van der Waals surface area contributed by atoms with Gasteiger partial charge in [0, 0.05) is 18.3 Å². The molecule has 0 spiro atoms. The van der Waals surface area contributed by atoms with Gasteiger partial charge in [-0.1, -0.05) is 19.1 Å². The molecule has 2 aliphatic heterocycles. The molecule has 0 bridgehead atoms. The number of imide groups is 2. The van der Waals surface area contributed by atoms with Crippen LogP contribution in [0.25, 0.3) is 6.08 Å². The third-order valence-electron chi connectivity index (χ3n) is 6.68. The molecule has 1 atom stereocenters. The summed E-state index contributed by atoms with van der Waals surface area (Å²) in [5, 5.41) is 2.31. The molecule has 2 aromatic rings. The molecule has 6 nitrogen and oxygen atoms in total. The van der Waals surface area contributed by atoms with E-state index in [0.717, 1.165) is 28.0 Å². The maximum atomic E-state index is 13.2. The summed E-state index contributed by atoms with van der Waals surface area (Å²) in [6.45, 7) is 10.5. The molecule has 6 heteroatoms. The Kier molecular flexibility index (Phi) is 5.19. The van der Waals surface area contributed by atoms with Crippen molar-refractivity contribution in [3.63, 3.8) is 0 Å². The van der Waals surface area contributed by atoms with E-state index >= 15 is 0 Å². The van der Waals surface area contributed by atoms with Crippen molar-refractivity contribution in [1.29, 1.82) is 0 Å². The first-order valence-corrected chi connectivity index (χ1v) is 10.9. The molecule has 32 heavy (non-hydrogen) atoms. The summed E-state index contributed by atoms with van der Waals surface area (Å²) in [7, 11) is 2.10. The first-order valence-electron chi connectivity index (χ1n) is 10.9. The van der Waals surface area contributed by atoms with Gasteiger partial charge < -0.3 is 4.90 Å². The SMILES string of the molecule is Cc1cccc(N2C(=O)NC(=O)/C(=C\c3cc4c(cc3C)N(C)C(C)(C)C[C@@H]4C)C2=O)c1. The lowest BCUT2D eigenvalue weighted by atomic mass is 9.79. The number of anilines is 2. The molecule has 1 fully saturated rings. The monoisotopic (exact) mass is 431 g/mol. The summed E-state index contributed by atoms with van der Waals surface area (Å²) < 4.78 is 0. The van der Waals surface area contributed by atoms with E-state index in [0.29, 0.717) is 11.6 Å². The number of benzene rings is 2. The van der Waals surface area contributed by atoms with Crippen molar-refractivity contribution in [1.82, 2.24) is 5.32 Å². The van der Waals surface area contributed by atoms with Crippen LogP contribution in [0.2, 0.25) is 0 Å². The molecule has 2 aliphatic rings. The van der Waals surface area contributed by atoms with E-state index in [9.17, 15) is 14.4 Å². The van der Waals surface area contributed by atoms with E-state index in [-0.39, 0.29) is 11.1 Å². The van der Waals surface area contributed by atoms with Crippen LogP contribution in [0.15, 0.2) is 42.0 Å². The number of carbonyl (C=O) groups excluding carboxylic acids is 3. The number of amides is 4. The number of urea groups is 1. The van der Waals surface area contributed by atoms with Crippen LogP contribution in [-0.4, -0.2) is 30.4 Å². The van der Waals surface area contributed by atoms with Gasteiger partial charge >= 0.3 is 6.03 Å². The highest BCUT2D eigenvalue weighted by Gasteiger charge is 2.38. The Morgan fingerprint density at radius 1 is 1.09 bits per heavy atom. The quantitative estimate of drug-likeness (QED) is 0.553. The topological polar surface area (TPSA) is 69.7 Å². The van der Waals surface area contributed by atoms with Gasteiger partial charge in [0.15, 0.2) is 0 Å². The maximum Gasteiger partial charge on any atom is 0.335 e. The number of nitrogens with zero attached hydrogens (tertiary/aromatic N) is 2. The molecular formula is C26H29N3O3. The van der Waals surface area contributed by atoms with Gasteiger partial charge in [-0.2, -0.15) is 0 Å². The predicted molar refractivity (Wildman–Crippen MR) is 127 cm³/mol. The minimum Gasteiger partial charge on any atom is -0.369 e. The average Bonchev–Trinajstić information content (AvgIpc) is 2.69. The van der Waals surface area contributed by atoms with Crippen LogP contribution in [-0.2, 0) is 9.59 Å². The summed E-state index contributed by atoms with van der Waals surface area (Å²) >= 11 is 0. The number of aryl methyl sites for hydroxylation is 2. The molecule has 2 heterocycles. The molecule has 2 aromatic carbocycles. The van der Waals surface area contributed by atoms with Crippen LogP contribution in [0, 0.1) is 13.8 Å². The van der Waals surface area contributed by atoms with E-state index in [1.165, 1.54) is 11.3 Å². The smallest absolute Gasteiger partial charge is 0.335 e. The standard InChI is InChI=1S/C26H29N3O3/c1-15-8-7-9-19(10-15)29-24(31)21(23(30)27-25(29)32)13-18-12-20-17(3)14-26(4,5)28(6)22(20)11-16(18)2/h7-13,17H,14H2,1-6H3,(H,27,30,32)/b21-13+/t17-/m0/s1. The average molecular weight is 432 g/mol. The first-order chi connectivity index (χ1) is 15.0. The molecule has 0 saturated carbocycles. The third kappa shape index (κ3) is 3.60. The number of barbiturate groups is 1. The van der Waals surface area contributed by atoms with E-state index in [1.807, 2.05) is 19.9 Å². The van der Waals surface area contributed by atoms with Gasteiger partial charge in [0.2, 0.25) is 0 Å². The van der Waals surface area contributed by atoms with Crippen molar-refractivity contribution < 1.29 is 14.4 Å². The van der Waals surface area contributed by atoms with Crippen molar-refractivity contribution >= 4 is 35.3 Å². The molecule has 0 aromatic heterocycles. The normalized spacial score (nSPS) is 21.6. The number of rotatable bonds is 2. The zero-order valence-electron chi connectivity index (χ0n) is 19.4. The highest BCUT2D eigenvalue weighted by atomic mass is 16.2. The molecule has 0 radical (unpaired) electrons. The zero-order chi connectivity index (χ0) is 23.4. The molecular weight excluding hydrogens is 402 g/mol. The number of hydrogen-bond acceptors (Lipinski definition) is 4. The molecule has 4 rings (SSSR count). The van der Waals surface area contributed by atoms with Gasteiger partial charge in [-0.3, -0.25) is 14.9 Å². The van der Waals surface area contributed by atoms with Crippen LogP contribution >= 0.6 is 0 Å². The van der Waals surface area contributed by atoms with E-state index in [4.69, 9.17) is 0 Å². The molecule has 166 valence electrons. The fourth-order valence-corrected chi connectivity index (χ4v) is 4.70. The van der Waals surface area contributed by atoms with Crippen LogP contribution in [0.4, 0.5) is 16.2 Å². The van der Waals surface area contributed by atoms with E-state index < -0.39 is 17.8 Å². The van der Waals surface area contributed by atoms with Gasteiger partial charge in [-0.15, -0.1) is 0 Å². The molecule has 1 N–H and O–H groups in total. The van der Waals surface area contributed by atoms with Crippen molar-refractivity contribution in [2.75, 3.05) is 16.8 Å². The van der Waals surface area contributed by atoms with Crippen molar-refractivity contribution in [2.45, 2.75) is 52.5 Å². The fraction of sp³-hybridized carbons (Fsp3) is 0.346. The molecule has 1 saturated heterocycles. The second-order valence-corrected chi connectivity index (χ2v) is 9.54. The first kappa shape index (κ1) is 21.8. The molecule has 4 amide bonds. The number of hydrogen-bond donors (Lipinski definition) is 1. The Labute approximate surface area is 188 Å². The van der Waals surface area contributed by atoms with E-state index in [1.54, 1.807) is 24.3 Å². The lowest BCUT2D eigenvalue weighted by Gasteiger charge is -2.45. The lowest BCUT2D eigenvalue weighted by molar-refractivity contribution is -0.122. The number of carbonyl (C=O) groups is 3. The Bertz CT molecular complexity index is 1180.